The molecule has 0 atom stereocenters. The number of hydrogen-bond donors (Lipinski definition) is 2. The molecule has 0 fully saturated rings. The normalized spacial score (nSPS) is 10.8. The van der Waals surface area contributed by atoms with Crippen LogP contribution in [0.3, 0.4) is 0 Å². The number of rotatable bonds is 7. The molecule has 2 aromatic rings. The molecule has 2 amide bonds. The Bertz CT molecular complexity index is 955. The van der Waals surface area contributed by atoms with Gasteiger partial charge in [-0.15, -0.1) is 0 Å². The van der Waals surface area contributed by atoms with Crippen LogP contribution in [0.1, 0.15) is 31.9 Å². The number of benzene rings is 1. The van der Waals surface area contributed by atoms with Crippen molar-refractivity contribution < 1.29 is 18.9 Å². The molecule has 1 heterocycles. The molecule has 0 aliphatic heterocycles. The average molecular weight is 382 g/mol. The molecule has 1 aromatic carbocycles. The van der Waals surface area contributed by atoms with E-state index in [0.717, 1.165) is 6.42 Å². The molecule has 2 N–H and O–H groups in total. The number of nitro groups is 1. The van der Waals surface area contributed by atoms with Gasteiger partial charge in [0.05, 0.1) is 4.92 Å². The summed E-state index contributed by atoms with van der Waals surface area (Å²) in [6.45, 7) is 1.94. The highest BCUT2D eigenvalue weighted by Gasteiger charge is 2.13. The van der Waals surface area contributed by atoms with Crippen LogP contribution in [0.2, 0.25) is 0 Å². The second-order valence-electron chi connectivity index (χ2n) is 5.79. The van der Waals surface area contributed by atoms with E-state index in [4.69, 9.17) is 4.42 Å². The van der Waals surface area contributed by atoms with Gasteiger partial charge in [0.25, 0.3) is 11.6 Å². The number of carbonyl (C=O) groups is 2. The van der Waals surface area contributed by atoms with Crippen LogP contribution >= 0.6 is 0 Å². The minimum absolute atomic E-state index is 0.0816. The van der Waals surface area contributed by atoms with Gasteiger partial charge in [-0.05, 0) is 18.6 Å². The Morgan fingerprint density at radius 3 is 2.75 bits per heavy atom. The summed E-state index contributed by atoms with van der Waals surface area (Å²) in [4.78, 5) is 33.9. The van der Waals surface area contributed by atoms with Gasteiger partial charge in [-0.25, -0.2) is 0 Å². The molecule has 0 aliphatic rings. The van der Waals surface area contributed by atoms with Crippen molar-refractivity contribution in [1.29, 1.82) is 5.26 Å². The molecule has 0 saturated carbocycles. The first-order chi connectivity index (χ1) is 13.4. The van der Waals surface area contributed by atoms with Gasteiger partial charge in [0.15, 0.2) is 0 Å². The van der Waals surface area contributed by atoms with E-state index in [1.807, 2.05) is 6.92 Å². The Kier molecular flexibility index (Phi) is 7.05. The van der Waals surface area contributed by atoms with Crippen LogP contribution in [0, 0.1) is 21.4 Å². The zero-order chi connectivity index (χ0) is 20.5. The number of nitro benzene ring substituents is 1. The zero-order valence-corrected chi connectivity index (χ0v) is 15.1. The number of furan rings is 1. The lowest BCUT2D eigenvalue weighted by Gasteiger charge is -2.05. The van der Waals surface area contributed by atoms with Crippen LogP contribution in [0.4, 0.5) is 5.69 Å². The highest BCUT2D eigenvalue weighted by atomic mass is 16.6. The standard InChI is InChI=1S/C19H18N4O5/c1-2-3-7-18(24)21-22-19(25)14(12-20)11-16-8-9-17(28-16)13-5-4-6-15(10-13)23(26)27/h4-6,8-11H,2-3,7H2,1H3,(H,21,24)(H,22,25). The summed E-state index contributed by atoms with van der Waals surface area (Å²) in [7, 11) is 0. The number of nitrogens with zero attached hydrogens (tertiary/aromatic N) is 2. The van der Waals surface area contributed by atoms with Crippen LogP contribution < -0.4 is 10.9 Å². The molecule has 0 saturated heterocycles. The van der Waals surface area contributed by atoms with E-state index < -0.39 is 10.8 Å². The molecule has 0 bridgehead atoms. The smallest absolute Gasteiger partial charge is 0.280 e. The maximum absolute atomic E-state index is 12.0. The first-order valence-corrected chi connectivity index (χ1v) is 8.50. The monoisotopic (exact) mass is 382 g/mol. The summed E-state index contributed by atoms with van der Waals surface area (Å²) < 4.78 is 5.55. The third-order valence-electron chi connectivity index (χ3n) is 3.69. The summed E-state index contributed by atoms with van der Waals surface area (Å²) in [6, 6.07) is 10.7. The van der Waals surface area contributed by atoms with Crippen molar-refractivity contribution in [1.82, 2.24) is 10.9 Å². The van der Waals surface area contributed by atoms with Crippen molar-refractivity contribution in [3.8, 4) is 17.4 Å². The summed E-state index contributed by atoms with van der Waals surface area (Å²) in [6.07, 6.45) is 3.02. The second-order valence-corrected chi connectivity index (χ2v) is 5.79. The Hall–Kier alpha value is -3.93. The van der Waals surface area contributed by atoms with Crippen molar-refractivity contribution >= 4 is 23.6 Å². The quantitative estimate of drug-likeness (QED) is 0.326. The fraction of sp³-hybridized carbons (Fsp3) is 0.211. The number of nitrogens with one attached hydrogen (secondary N) is 2. The van der Waals surface area contributed by atoms with Crippen LogP contribution in [0.25, 0.3) is 17.4 Å². The summed E-state index contributed by atoms with van der Waals surface area (Å²) in [5.41, 5.74) is 4.55. The molecule has 2 rings (SSSR count). The highest BCUT2D eigenvalue weighted by Crippen LogP contribution is 2.26. The number of carbonyl (C=O) groups excluding carboxylic acids is 2. The van der Waals surface area contributed by atoms with E-state index >= 15 is 0 Å². The molecular weight excluding hydrogens is 364 g/mol. The van der Waals surface area contributed by atoms with Gasteiger partial charge in [0.2, 0.25) is 5.91 Å². The Morgan fingerprint density at radius 1 is 1.29 bits per heavy atom. The first-order valence-electron chi connectivity index (χ1n) is 8.50. The van der Waals surface area contributed by atoms with E-state index in [9.17, 15) is 25.0 Å². The van der Waals surface area contributed by atoms with Gasteiger partial charge in [-0.3, -0.25) is 30.6 Å². The van der Waals surface area contributed by atoms with E-state index in [1.54, 1.807) is 18.2 Å². The Balaban J connectivity index is 2.10. The van der Waals surface area contributed by atoms with Crippen molar-refractivity contribution in [2.45, 2.75) is 26.2 Å². The first kappa shape index (κ1) is 20.4. The van der Waals surface area contributed by atoms with Crippen molar-refractivity contribution in [2.75, 3.05) is 0 Å². The van der Waals surface area contributed by atoms with E-state index in [1.165, 1.54) is 30.3 Å². The molecule has 0 radical (unpaired) electrons. The molecule has 0 spiro atoms. The largest absolute Gasteiger partial charge is 0.457 e. The van der Waals surface area contributed by atoms with Gasteiger partial charge in [0, 0.05) is 30.2 Å². The van der Waals surface area contributed by atoms with E-state index in [2.05, 4.69) is 10.9 Å². The lowest BCUT2D eigenvalue weighted by atomic mass is 10.1. The van der Waals surface area contributed by atoms with Crippen LogP contribution in [0.5, 0.6) is 0 Å². The van der Waals surface area contributed by atoms with Gasteiger partial charge < -0.3 is 4.42 Å². The fourth-order valence-electron chi connectivity index (χ4n) is 2.24. The SMILES string of the molecule is CCCCC(=O)NNC(=O)C(C#N)=Cc1ccc(-c2cccc([N+](=O)[O-])c2)o1. The van der Waals surface area contributed by atoms with Crippen LogP contribution in [-0.2, 0) is 9.59 Å². The predicted octanol–water partition coefficient (Wildman–Crippen LogP) is 3.10. The minimum Gasteiger partial charge on any atom is -0.457 e. The number of hydrogen-bond acceptors (Lipinski definition) is 6. The number of nitriles is 1. The van der Waals surface area contributed by atoms with Crippen LogP contribution in [-0.4, -0.2) is 16.7 Å². The third-order valence-corrected chi connectivity index (χ3v) is 3.69. The Morgan fingerprint density at radius 2 is 2.07 bits per heavy atom. The molecule has 1 aromatic heterocycles. The molecule has 28 heavy (non-hydrogen) atoms. The number of unbranched alkanes of at least 4 members (excludes halogenated alkanes) is 1. The van der Waals surface area contributed by atoms with Gasteiger partial charge in [-0.1, -0.05) is 25.5 Å². The van der Waals surface area contributed by atoms with Gasteiger partial charge in [0.1, 0.15) is 23.2 Å². The lowest BCUT2D eigenvalue weighted by molar-refractivity contribution is -0.384. The van der Waals surface area contributed by atoms with E-state index in [0.29, 0.717) is 17.7 Å². The van der Waals surface area contributed by atoms with E-state index in [-0.39, 0.29) is 29.3 Å². The molecule has 0 unspecified atom stereocenters. The highest BCUT2D eigenvalue weighted by molar-refractivity contribution is 6.02. The topological polar surface area (TPSA) is 138 Å². The van der Waals surface area contributed by atoms with Gasteiger partial charge >= 0.3 is 0 Å². The zero-order valence-electron chi connectivity index (χ0n) is 15.1. The molecule has 9 heteroatoms. The third kappa shape index (κ3) is 5.54. The summed E-state index contributed by atoms with van der Waals surface area (Å²) >= 11 is 0. The molecule has 0 aliphatic carbocycles. The van der Waals surface area contributed by atoms with Crippen molar-refractivity contribution in [2.24, 2.45) is 0 Å². The fourth-order valence-corrected chi connectivity index (χ4v) is 2.24. The summed E-state index contributed by atoms with van der Waals surface area (Å²) in [5.74, 6) is -0.565. The van der Waals surface area contributed by atoms with Crippen molar-refractivity contribution in [3.63, 3.8) is 0 Å². The molecule has 9 nitrogen and oxygen atoms in total. The summed E-state index contributed by atoms with van der Waals surface area (Å²) in [5, 5.41) is 20.0. The van der Waals surface area contributed by atoms with Crippen LogP contribution in [0.15, 0.2) is 46.4 Å². The minimum atomic E-state index is -0.777. The van der Waals surface area contributed by atoms with Gasteiger partial charge in [-0.2, -0.15) is 5.26 Å². The maximum Gasteiger partial charge on any atom is 0.280 e. The average Bonchev–Trinajstić information content (AvgIpc) is 3.17. The number of non-ortho nitro benzene ring substituents is 1. The lowest BCUT2D eigenvalue weighted by Crippen LogP contribution is -2.42. The number of amides is 2. The molecule has 144 valence electrons. The number of hydrazine groups is 1. The van der Waals surface area contributed by atoms with Crippen molar-refractivity contribution in [3.05, 3.63) is 57.8 Å². The predicted molar refractivity (Wildman–Crippen MR) is 100 cm³/mol. The maximum atomic E-state index is 12.0. The second kappa shape index (κ2) is 9.68. The molecular formula is C19H18N4O5. The Labute approximate surface area is 160 Å².